The molecule has 3 nitrogen and oxygen atoms in total. The number of rotatable bonds is 4. The molecule has 4 heteroatoms. The first-order chi connectivity index (χ1) is 9.15. The van der Waals surface area contributed by atoms with E-state index in [0.29, 0.717) is 11.3 Å². The second-order valence-corrected chi connectivity index (χ2v) is 5.18. The number of ether oxygens (including phenoxy) is 1. The molecule has 1 atom stereocenters. The van der Waals surface area contributed by atoms with Gasteiger partial charge < -0.3 is 9.84 Å². The minimum Gasteiger partial charge on any atom is -0.507 e. The lowest BCUT2D eigenvalue weighted by Gasteiger charge is -2.07. The van der Waals surface area contributed by atoms with Crippen LogP contribution in [0.25, 0.3) is 5.76 Å². The van der Waals surface area contributed by atoms with Gasteiger partial charge in [-0.05, 0) is 24.3 Å². The van der Waals surface area contributed by atoms with Crippen molar-refractivity contribution < 1.29 is 14.1 Å². The van der Waals surface area contributed by atoms with Crippen LogP contribution in [0.5, 0.6) is 11.5 Å². The fraction of sp³-hybridized carbons (Fsp3) is 0.0667. The molecule has 2 aromatic carbocycles. The first-order valence-corrected chi connectivity index (χ1v) is 7.33. The maximum absolute atomic E-state index is 11.0. The average Bonchev–Trinajstić information content (AvgIpc) is 2.39. The molecule has 0 radical (unpaired) electrons. The van der Waals surface area contributed by atoms with Crippen molar-refractivity contribution in [2.24, 2.45) is 0 Å². The maximum Gasteiger partial charge on any atom is 0.131 e. The van der Waals surface area contributed by atoms with Crippen LogP contribution in [0.1, 0.15) is 5.56 Å². The third-order valence-electron chi connectivity index (χ3n) is 2.39. The van der Waals surface area contributed by atoms with Crippen LogP contribution in [-0.4, -0.2) is 15.6 Å². The molecule has 0 fully saturated rings. The van der Waals surface area contributed by atoms with Gasteiger partial charge in [-0.3, -0.25) is 4.21 Å². The molecule has 0 aromatic heterocycles. The highest BCUT2D eigenvalue weighted by molar-refractivity contribution is 7.87. The SMILES string of the molecule is CS(=O)/C=C(\O)c1cccc(Oc2ccccc2)c1. The summed E-state index contributed by atoms with van der Waals surface area (Å²) in [7, 11) is -1.19. The summed E-state index contributed by atoms with van der Waals surface area (Å²) < 4.78 is 16.7. The van der Waals surface area contributed by atoms with Gasteiger partial charge >= 0.3 is 0 Å². The third kappa shape index (κ3) is 3.96. The molecule has 98 valence electrons. The molecule has 0 saturated carbocycles. The Balaban J connectivity index is 2.23. The Morgan fingerprint density at radius 1 is 1.11 bits per heavy atom. The zero-order valence-electron chi connectivity index (χ0n) is 10.4. The lowest BCUT2D eigenvalue weighted by molar-refractivity contribution is 0.480. The van der Waals surface area contributed by atoms with Gasteiger partial charge in [0, 0.05) is 28.0 Å². The summed E-state index contributed by atoms with van der Waals surface area (Å²) in [6, 6.07) is 16.4. The Labute approximate surface area is 114 Å². The van der Waals surface area contributed by atoms with Gasteiger partial charge in [-0.2, -0.15) is 0 Å². The van der Waals surface area contributed by atoms with E-state index in [2.05, 4.69) is 0 Å². The number of benzene rings is 2. The Morgan fingerprint density at radius 3 is 2.47 bits per heavy atom. The van der Waals surface area contributed by atoms with Crippen LogP contribution >= 0.6 is 0 Å². The number of para-hydroxylation sites is 1. The number of hydrogen-bond donors (Lipinski definition) is 1. The Bertz CT molecular complexity index is 606. The molecule has 0 amide bonds. The van der Waals surface area contributed by atoms with Crippen molar-refractivity contribution in [2.75, 3.05) is 6.26 Å². The van der Waals surface area contributed by atoms with Crippen molar-refractivity contribution in [1.29, 1.82) is 0 Å². The second-order valence-electron chi connectivity index (χ2n) is 3.94. The second kappa shape index (κ2) is 6.20. The molecule has 0 aliphatic rings. The van der Waals surface area contributed by atoms with E-state index < -0.39 is 10.8 Å². The number of aliphatic hydroxyl groups excluding tert-OH is 1. The number of aliphatic hydroxyl groups is 1. The fourth-order valence-corrected chi connectivity index (χ4v) is 2.02. The standard InChI is InChI=1S/C15H14O3S/c1-19(17)11-15(16)12-6-5-9-14(10-12)18-13-7-3-2-4-8-13/h2-11,16H,1H3/b15-11-. The van der Waals surface area contributed by atoms with Crippen LogP contribution < -0.4 is 4.74 Å². The molecule has 0 heterocycles. The van der Waals surface area contributed by atoms with Gasteiger partial charge in [-0.25, -0.2) is 0 Å². The Kier molecular flexibility index (Phi) is 4.36. The molecule has 0 bridgehead atoms. The minimum atomic E-state index is -1.19. The molecular formula is C15H14O3S. The van der Waals surface area contributed by atoms with Crippen molar-refractivity contribution in [3.63, 3.8) is 0 Å². The largest absolute Gasteiger partial charge is 0.507 e. The highest BCUT2D eigenvalue weighted by atomic mass is 32.2. The zero-order chi connectivity index (χ0) is 13.7. The monoisotopic (exact) mass is 274 g/mol. The van der Waals surface area contributed by atoms with Crippen LogP contribution in [0.2, 0.25) is 0 Å². The van der Waals surface area contributed by atoms with E-state index in [0.717, 1.165) is 5.75 Å². The van der Waals surface area contributed by atoms with Gasteiger partial charge in [0.2, 0.25) is 0 Å². The van der Waals surface area contributed by atoms with Crippen molar-refractivity contribution >= 4 is 16.6 Å². The molecule has 0 spiro atoms. The van der Waals surface area contributed by atoms with Crippen molar-refractivity contribution in [2.45, 2.75) is 0 Å². The molecule has 2 aromatic rings. The van der Waals surface area contributed by atoms with E-state index in [4.69, 9.17) is 4.74 Å². The van der Waals surface area contributed by atoms with Gasteiger partial charge in [0.15, 0.2) is 0 Å². The van der Waals surface area contributed by atoms with E-state index in [-0.39, 0.29) is 5.76 Å². The summed E-state index contributed by atoms with van der Waals surface area (Å²) in [5.74, 6) is 1.33. The summed E-state index contributed by atoms with van der Waals surface area (Å²) in [6.07, 6.45) is 1.50. The van der Waals surface area contributed by atoms with Gasteiger partial charge in [0.1, 0.15) is 17.3 Å². The van der Waals surface area contributed by atoms with Gasteiger partial charge in [-0.1, -0.05) is 30.3 Å². The van der Waals surface area contributed by atoms with E-state index in [1.165, 1.54) is 11.7 Å². The summed E-state index contributed by atoms with van der Waals surface area (Å²) in [6.45, 7) is 0. The zero-order valence-corrected chi connectivity index (χ0v) is 11.3. The van der Waals surface area contributed by atoms with Crippen LogP contribution in [0, 0.1) is 0 Å². The smallest absolute Gasteiger partial charge is 0.131 e. The van der Waals surface area contributed by atoms with Gasteiger partial charge in [0.05, 0.1) is 0 Å². The third-order valence-corrected chi connectivity index (χ3v) is 2.94. The Hall–Kier alpha value is -2.07. The van der Waals surface area contributed by atoms with E-state index in [1.54, 1.807) is 24.3 Å². The quantitative estimate of drug-likeness (QED) is 0.864. The molecule has 0 saturated heterocycles. The molecule has 1 N–H and O–H groups in total. The van der Waals surface area contributed by atoms with Gasteiger partial charge in [-0.15, -0.1) is 0 Å². The maximum atomic E-state index is 11.0. The van der Waals surface area contributed by atoms with Crippen LogP contribution in [0.4, 0.5) is 0 Å². The fourth-order valence-electron chi connectivity index (χ4n) is 1.57. The summed E-state index contributed by atoms with van der Waals surface area (Å²) in [4.78, 5) is 0. The predicted molar refractivity (Wildman–Crippen MR) is 77.6 cm³/mol. The molecular weight excluding hydrogens is 260 g/mol. The molecule has 0 aliphatic carbocycles. The van der Waals surface area contributed by atoms with E-state index in [9.17, 15) is 9.32 Å². The summed E-state index contributed by atoms with van der Waals surface area (Å²) in [5, 5.41) is 11.1. The topological polar surface area (TPSA) is 46.5 Å². The van der Waals surface area contributed by atoms with Crippen molar-refractivity contribution in [1.82, 2.24) is 0 Å². The van der Waals surface area contributed by atoms with Crippen LogP contribution in [-0.2, 0) is 10.8 Å². The van der Waals surface area contributed by atoms with E-state index in [1.807, 2.05) is 30.3 Å². The molecule has 1 unspecified atom stereocenters. The van der Waals surface area contributed by atoms with Crippen LogP contribution in [0.3, 0.4) is 0 Å². The van der Waals surface area contributed by atoms with E-state index >= 15 is 0 Å². The number of hydrogen-bond acceptors (Lipinski definition) is 3. The van der Waals surface area contributed by atoms with Crippen molar-refractivity contribution in [3.05, 3.63) is 65.6 Å². The highest BCUT2D eigenvalue weighted by Gasteiger charge is 2.03. The molecule has 2 rings (SSSR count). The normalized spacial score (nSPS) is 13.0. The van der Waals surface area contributed by atoms with Gasteiger partial charge in [0.25, 0.3) is 0 Å². The first kappa shape index (κ1) is 13.4. The predicted octanol–water partition coefficient (Wildman–Crippen LogP) is 3.71. The van der Waals surface area contributed by atoms with Crippen LogP contribution in [0.15, 0.2) is 60.0 Å². The molecule has 19 heavy (non-hydrogen) atoms. The lowest BCUT2D eigenvalue weighted by atomic mass is 10.2. The summed E-state index contributed by atoms with van der Waals surface area (Å²) >= 11 is 0. The van der Waals surface area contributed by atoms with Crippen molar-refractivity contribution in [3.8, 4) is 11.5 Å². The average molecular weight is 274 g/mol. The Morgan fingerprint density at radius 2 is 1.79 bits per heavy atom. The molecule has 0 aliphatic heterocycles. The highest BCUT2D eigenvalue weighted by Crippen LogP contribution is 2.24. The summed E-state index contributed by atoms with van der Waals surface area (Å²) in [5.41, 5.74) is 0.573. The first-order valence-electron chi connectivity index (χ1n) is 5.71. The lowest BCUT2D eigenvalue weighted by Crippen LogP contribution is -1.89. The minimum absolute atomic E-state index is 0.0145.